The van der Waals surface area contributed by atoms with Crippen LogP contribution in [-0.2, 0) is 4.79 Å². The number of halogens is 1. The smallest absolute Gasteiger partial charge is 0.303 e. The predicted octanol–water partition coefficient (Wildman–Crippen LogP) is 4.05. The van der Waals surface area contributed by atoms with Crippen LogP contribution in [0, 0.1) is 18.8 Å². The van der Waals surface area contributed by atoms with Crippen molar-refractivity contribution in [1.29, 1.82) is 0 Å². The van der Waals surface area contributed by atoms with E-state index < -0.39 is 24.3 Å². The van der Waals surface area contributed by atoms with Gasteiger partial charge in [0.1, 0.15) is 18.5 Å². The van der Waals surface area contributed by atoms with Crippen molar-refractivity contribution >= 4 is 5.97 Å². The first-order valence-electron chi connectivity index (χ1n) is 10.4. The summed E-state index contributed by atoms with van der Waals surface area (Å²) in [4.78, 5) is 10.5. The molecule has 1 aromatic carbocycles. The Morgan fingerprint density at radius 3 is 2.59 bits per heavy atom. The molecule has 0 aliphatic heterocycles. The Labute approximate surface area is 172 Å². The predicted molar refractivity (Wildman–Crippen MR) is 110 cm³/mol. The number of allylic oxidation sites excluding steroid dienone is 2. The van der Waals surface area contributed by atoms with Gasteiger partial charge in [-0.1, -0.05) is 24.3 Å². The van der Waals surface area contributed by atoms with Crippen LogP contribution in [0.1, 0.15) is 50.5 Å². The van der Waals surface area contributed by atoms with E-state index >= 15 is 0 Å². The van der Waals surface area contributed by atoms with Gasteiger partial charge in [-0.15, -0.1) is 0 Å². The van der Waals surface area contributed by atoms with Gasteiger partial charge in [0.25, 0.3) is 0 Å². The van der Waals surface area contributed by atoms with E-state index in [-0.39, 0.29) is 31.3 Å². The Morgan fingerprint density at radius 1 is 1.21 bits per heavy atom. The lowest BCUT2D eigenvalue weighted by Gasteiger charge is -2.24. The van der Waals surface area contributed by atoms with Crippen LogP contribution in [0.4, 0.5) is 4.39 Å². The Morgan fingerprint density at radius 2 is 1.90 bits per heavy atom. The first-order valence-corrected chi connectivity index (χ1v) is 10.4. The quantitative estimate of drug-likeness (QED) is 0.454. The number of carbonyl (C=O) groups is 1. The molecule has 0 bridgehead atoms. The van der Waals surface area contributed by atoms with Gasteiger partial charge in [-0.3, -0.25) is 4.79 Å². The highest BCUT2D eigenvalue weighted by atomic mass is 19.1. The molecule has 0 heterocycles. The maximum atomic E-state index is 14.3. The van der Waals surface area contributed by atoms with Crippen LogP contribution < -0.4 is 4.74 Å². The average Bonchev–Trinajstić information content (AvgIpc) is 2.93. The fourth-order valence-electron chi connectivity index (χ4n) is 4.06. The van der Waals surface area contributed by atoms with Crippen LogP contribution in [-0.4, -0.2) is 46.3 Å². The van der Waals surface area contributed by atoms with Gasteiger partial charge < -0.3 is 20.1 Å². The molecule has 0 unspecified atom stereocenters. The SMILES string of the molecule is Cc1cccc(OC[C@H](F)CC[C@@H]2[C@@H](CC/C=C\CCC(=O)O)[C@@H](O)C[C@H]2O)c1. The zero-order valence-corrected chi connectivity index (χ0v) is 17.0. The van der Waals surface area contributed by atoms with Crippen molar-refractivity contribution in [3.8, 4) is 5.75 Å². The van der Waals surface area contributed by atoms with Gasteiger partial charge in [0, 0.05) is 6.42 Å². The van der Waals surface area contributed by atoms with Gasteiger partial charge >= 0.3 is 5.97 Å². The Kier molecular flexibility index (Phi) is 9.61. The maximum absolute atomic E-state index is 14.3. The summed E-state index contributed by atoms with van der Waals surface area (Å²) in [5, 5.41) is 29.2. The number of benzene rings is 1. The summed E-state index contributed by atoms with van der Waals surface area (Å²) in [6.45, 7) is 1.93. The number of hydrogen-bond donors (Lipinski definition) is 3. The third-order valence-electron chi connectivity index (χ3n) is 5.61. The van der Waals surface area contributed by atoms with Gasteiger partial charge in [-0.05, 0) is 75.0 Å². The van der Waals surface area contributed by atoms with Gasteiger partial charge in [0.05, 0.1) is 12.2 Å². The summed E-state index contributed by atoms with van der Waals surface area (Å²) in [7, 11) is 0. The van der Waals surface area contributed by atoms with Crippen molar-refractivity contribution in [1.82, 2.24) is 0 Å². The molecule has 1 aliphatic carbocycles. The van der Waals surface area contributed by atoms with E-state index in [0.29, 0.717) is 37.9 Å². The molecule has 5 atom stereocenters. The van der Waals surface area contributed by atoms with Crippen LogP contribution in [0.3, 0.4) is 0 Å². The second-order valence-corrected chi connectivity index (χ2v) is 7.98. The number of alkyl halides is 1. The number of rotatable bonds is 12. The average molecular weight is 409 g/mol. The molecule has 0 radical (unpaired) electrons. The first kappa shape index (κ1) is 23.4. The fraction of sp³-hybridized carbons (Fsp3) is 0.609. The zero-order chi connectivity index (χ0) is 21.2. The molecular formula is C23H33FO5. The molecule has 0 saturated heterocycles. The van der Waals surface area contributed by atoms with E-state index in [0.717, 1.165) is 5.56 Å². The number of carboxylic acid groups (broad SMARTS) is 1. The molecule has 0 spiro atoms. The zero-order valence-electron chi connectivity index (χ0n) is 17.0. The second kappa shape index (κ2) is 11.9. The van der Waals surface area contributed by atoms with Crippen molar-refractivity contribution < 1.29 is 29.2 Å². The topological polar surface area (TPSA) is 87.0 Å². The summed E-state index contributed by atoms with van der Waals surface area (Å²) < 4.78 is 19.8. The third-order valence-corrected chi connectivity index (χ3v) is 5.61. The molecule has 0 amide bonds. The minimum Gasteiger partial charge on any atom is -0.491 e. The highest BCUT2D eigenvalue weighted by Gasteiger charge is 2.40. The largest absolute Gasteiger partial charge is 0.491 e. The summed E-state index contributed by atoms with van der Waals surface area (Å²) in [6.07, 6.45) is 4.54. The van der Waals surface area contributed by atoms with Crippen molar-refractivity contribution in [2.75, 3.05) is 6.61 Å². The van der Waals surface area contributed by atoms with E-state index in [2.05, 4.69) is 0 Å². The molecule has 6 heteroatoms. The first-order chi connectivity index (χ1) is 13.9. The molecular weight excluding hydrogens is 375 g/mol. The van der Waals surface area contributed by atoms with Crippen molar-refractivity contribution in [2.45, 2.75) is 70.2 Å². The highest BCUT2D eigenvalue weighted by molar-refractivity contribution is 5.66. The van der Waals surface area contributed by atoms with E-state index in [9.17, 15) is 19.4 Å². The summed E-state index contributed by atoms with van der Waals surface area (Å²) in [6, 6.07) is 7.49. The molecule has 0 aromatic heterocycles. The van der Waals surface area contributed by atoms with E-state index in [1.165, 1.54) is 0 Å². The summed E-state index contributed by atoms with van der Waals surface area (Å²) in [5.74, 6) is -0.374. The van der Waals surface area contributed by atoms with Crippen LogP contribution in [0.2, 0.25) is 0 Å². The fourth-order valence-corrected chi connectivity index (χ4v) is 4.06. The van der Waals surface area contributed by atoms with Gasteiger partial charge in [0.15, 0.2) is 0 Å². The molecule has 1 aliphatic rings. The van der Waals surface area contributed by atoms with Crippen LogP contribution in [0.15, 0.2) is 36.4 Å². The third kappa shape index (κ3) is 8.15. The number of hydrogen-bond acceptors (Lipinski definition) is 4. The number of aliphatic carboxylic acids is 1. The monoisotopic (exact) mass is 408 g/mol. The second-order valence-electron chi connectivity index (χ2n) is 7.98. The van der Waals surface area contributed by atoms with Crippen LogP contribution >= 0.6 is 0 Å². The van der Waals surface area contributed by atoms with Gasteiger partial charge in [-0.25, -0.2) is 4.39 Å². The highest BCUT2D eigenvalue weighted by Crippen LogP contribution is 2.39. The molecule has 1 saturated carbocycles. The summed E-state index contributed by atoms with van der Waals surface area (Å²) >= 11 is 0. The molecule has 3 N–H and O–H groups in total. The molecule has 2 rings (SSSR count). The van der Waals surface area contributed by atoms with Crippen molar-refractivity contribution in [3.05, 3.63) is 42.0 Å². The van der Waals surface area contributed by atoms with E-state index in [4.69, 9.17) is 9.84 Å². The maximum Gasteiger partial charge on any atom is 0.303 e. The van der Waals surface area contributed by atoms with Gasteiger partial charge in [0.2, 0.25) is 0 Å². The summed E-state index contributed by atoms with van der Waals surface area (Å²) in [5.41, 5.74) is 1.06. The molecule has 29 heavy (non-hydrogen) atoms. The van der Waals surface area contributed by atoms with Crippen LogP contribution in [0.25, 0.3) is 0 Å². The van der Waals surface area contributed by atoms with E-state index in [1.54, 1.807) is 6.07 Å². The van der Waals surface area contributed by atoms with Gasteiger partial charge in [-0.2, -0.15) is 0 Å². The number of aryl methyl sites for hydroxylation is 1. The van der Waals surface area contributed by atoms with Crippen molar-refractivity contribution in [3.63, 3.8) is 0 Å². The van der Waals surface area contributed by atoms with Crippen LogP contribution in [0.5, 0.6) is 5.75 Å². The number of carboxylic acids is 1. The molecule has 1 fully saturated rings. The number of aliphatic hydroxyl groups excluding tert-OH is 2. The molecule has 5 nitrogen and oxygen atoms in total. The normalized spacial score (nSPS) is 25.4. The number of ether oxygens (including phenoxy) is 1. The standard InChI is InChI=1S/C23H33FO5/c1-16-7-6-8-18(13-16)29-15-17(24)11-12-20-19(21(25)14-22(20)26)9-4-2-3-5-10-23(27)28/h2-3,6-8,13,17,19-22,25-26H,4-5,9-12,14-15H2,1H3,(H,27,28)/b3-2-/t17-,19-,20-,21+,22-/m1/s1. The minimum absolute atomic E-state index is 0.0220. The van der Waals surface area contributed by atoms with Crippen molar-refractivity contribution in [2.24, 2.45) is 11.8 Å². The minimum atomic E-state index is -1.13. The number of aliphatic hydroxyl groups is 2. The van der Waals surface area contributed by atoms with E-state index in [1.807, 2.05) is 37.3 Å². The Bertz CT molecular complexity index is 662. The lowest BCUT2D eigenvalue weighted by Crippen LogP contribution is -2.24. The Hall–Kier alpha value is -1.92. The lowest BCUT2D eigenvalue weighted by atomic mass is 9.85. The molecule has 162 valence electrons. The molecule has 1 aromatic rings. The Balaban J connectivity index is 1.75. The lowest BCUT2D eigenvalue weighted by molar-refractivity contribution is -0.136.